The lowest BCUT2D eigenvalue weighted by Gasteiger charge is -2.06. The second-order valence-corrected chi connectivity index (χ2v) is 6.95. The number of benzene rings is 1. The molecule has 0 spiro atoms. The van der Waals surface area contributed by atoms with Gasteiger partial charge in [0.15, 0.2) is 0 Å². The highest BCUT2D eigenvalue weighted by Crippen LogP contribution is 2.25. The molecule has 0 saturated heterocycles. The third-order valence-electron chi connectivity index (χ3n) is 4.37. The summed E-state index contributed by atoms with van der Waals surface area (Å²) in [6.07, 6.45) is 7.10. The number of hydrogen-bond acceptors (Lipinski definition) is 6. The van der Waals surface area contributed by atoms with Gasteiger partial charge in [0.1, 0.15) is 18.5 Å². The lowest BCUT2D eigenvalue weighted by atomic mass is 10.0. The minimum atomic E-state index is 0.678. The van der Waals surface area contributed by atoms with Gasteiger partial charge in [0.2, 0.25) is 0 Å². The average molecular weight is 385 g/mol. The highest BCUT2D eigenvalue weighted by atomic mass is 32.1. The van der Waals surface area contributed by atoms with Crippen molar-refractivity contribution >= 4 is 11.3 Å². The maximum absolute atomic E-state index is 4.69. The van der Waals surface area contributed by atoms with E-state index in [1.807, 2.05) is 52.2 Å². The zero-order valence-electron chi connectivity index (χ0n) is 14.8. The summed E-state index contributed by atoms with van der Waals surface area (Å²) in [7, 11) is 0. The number of hydrogen-bond donors (Lipinski definition) is 0. The Kier molecular flexibility index (Phi) is 4.23. The van der Waals surface area contributed by atoms with Crippen LogP contribution in [-0.4, -0.2) is 34.5 Å². The molecule has 0 unspecified atom stereocenters. The molecule has 8 heteroatoms. The van der Waals surface area contributed by atoms with Crippen molar-refractivity contribution in [2.75, 3.05) is 0 Å². The molecule has 4 aromatic heterocycles. The van der Waals surface area contributed by atoms with Crippen LogP contribution in [0.1, 0.15) is 5.69 Å². The summed E-state index contributed by atoms with van der Waals surface area (Å²) >= 11 is 1.60. The maximum Gasteiger partial charge on any atom is 0.139 e. The molecule has 0 aliphatic rings. The SMILES string of the molecule is c1cc(-c2ccc(-n3cnnc3)nc2)cc(-c2ccn(Cc3cscn3)n2)c1. The predicted octanol–water partition coefficient (Wildman–Crippen LogP) is 3.70. The Balaban J connectivity index is 1.40. The third kappa shape index (κ3) is 3.33. The van der Waals surface area contributed by atoms with Gasteiger partial charge in [-0.15, -0.1) is 21.5 Å². The summed E-state index contributed by atoms with van der Waals surface area (Å²) in [5, 5.41) is 14.3. The number of pyridine rings is 1. The van der Waals surface area contributed by atoms with E-state index in [0.29, 0.717) is 6.54 Å². The molecule has 0 aliphatic carbocycles. The molecule has 0 atom stereocenters. The average Bonchev–Trinajstić information content (AvgIpc) is 3.52. The Labute approximate surface area is 165 Å². The number of nitrogens with zero attached hydrogens (tertiary/aromatic N) is 7. The van der Waals surface area contributed by atoms with Crippen LogP contribution in [0.2, 0.25) is 0 Å². The molecule has 5 aromatic rings. The summed E-state index contributed by atoms with van der Waals surface area (Å²) < 4.78 is 3.68. The summed E-state index contributed by atoms with van der Waals surface area (Å²) in [4.78, 5) is 8.82. The zero-order valence-corrected chi connectivity index (χ0v) is 15.6. The number of rotatable bonds is 5. The Morgan fingerprint density at radius 2 is 1.79 bits per heavy atom. The molecule has 0 N–H and O–H groups in total. The van der Waals surface area contributed by atoms with Crippen LogP contribution in [0.25, 0.3) is 28.2 Å². The first-order chi connectivity index (χ1) is 13.8. The van der Waals surface area contributed by atoms with E-state index in [9.17, 15) is 0 Å². The second-order valence-electron chi connectivity index (χ2n) is 6.23. The van der Waals surface area contributed by atoms with E-state index in [-0.39, 0.29) is 0 Å². The molecule has 136 valence electrons. The van der Waals surface area contributed by atoms with Crippen LogP contribution in [-0.2, 0) is 6.54 Å². The molecule has 0 fully saturated rings. The fourth-order valence-electron chi connectivity index (χ4n) is 2.97. The van der Waals surface area contributed by atoms with Crippen molar-refractivity contribution in [1.82, 2.24) is 34.5 Å². The molecule has 0 saturated carbocycles. The van der Waals surface area contributed by atoms with E-state index in [2.05, 4.69) is 43.5 Å². The zero-order chi connectivity index (χ0) is 18.8. The molecule has 4 heterocycles. The van der Waals surface area contributed by atoms with Gasteiger partial charge in [-0.05, 0) is 29.8 Å². The molecular weight excluding hydrogens is 370 g/mol. The summed E-state index contributed by atoms with van der Waals surface area (Å²) in [6, 6.07) is 14.3. The summed E-state index contributed by atoms with van der Waals surface area (Å²) in [5.74, 6) is 0.783. The van der Waals surface area contributed by atoms with E-state index in [1.165, 1.54) is 0 Å². The lowest BCUT2D eigenvalue weighted by molar-refractivity contribution is 0.678. The van der Waals surface area contributed by atoms with Gasteiger partial charge < -0.3 is 0 Å². The first-order valence-corrected chi connectivity index (χ1v) is 9.62. The van der Waals surface area contributed by atoms with E-state index in [1.54, 1.807) is 28.6 Å². The Morgan fingerprint density at radius 3 is 2.57 bits per heavy atom. The van der Waals surface area contributed by atoms with E-state index < -0.39 is 0 Å². The molecule has 0 aliphatic heterocycles. The minimum absolute atomic E-state index is 0.678. The molecule has 0 amide bonds. The van der Waals surface area contributed by atoms with Crippen LogP contribution in [0, 0.1) is 0 Å². The molecule has 0 radical (unpaired) electrons. The first kappa shape index (κ1) is 16.5. The van der Waals surface area contributed by atoms with Crippen molar-refractivity contribution in [2.24, 2.45) is 0 Å². The van der Waals surface area contributed by atoms with Crippen molar-refractivity contribution in [3.63, 3.8) is 0 Å². The minimum Gasteiger partial charge on any atom is -0.272 e. The largest absolute Gasteiger partial charge is 0.272 e. The number of aromatic nitrogens is 7. The first-order valence-electron chi connectivity index (χ1n) is 8.67. The van der Waals surface area contributed by atoms with Crippen LogP contribution >= 0.6 is 11.3 Å². The Morgan fingerprint density at radius 1 is 0.893 bits per heavy atom. The van der Waals surface area contributed by atoms with E-state index in [0.717, 1.165) is 33.9 Å². The normalized spacial score (nSPS) is 11.0. The monoisotopic (exact) mass is 385 g/mol. The lowest BCUT2D eigenvalue weighted by Crippen LogP contribution is -2.00. The van der Waals surface area contributed by atoms with Gasteiger partial charge in [0.25, 0.3) is 0 Å². The maximum atomic E-state index is 4.69. The summed E-state index contributed by atoms with van der Waals surface area (Å²) in [6.45, 7) is 0.678. The number of thiazole rings is 1. The van der Waals surface area contributed by atoms with Crippen LogP contribution in [0.4, 0.5) is 0 Å². The molecular formula is C20H15N7S. The summed E-state index contributed by atoms with van der Waals surface area (Å²) in [5.41, 5.74) is 7.00. The predicted molar refractivity (Wildman–Crippen MR) is 107 cm³/mol. The van der Waals surface area contributed by atoms with Crippen molar-refractivity contribution in [2.45, 2.75) is 6.54 Å². The van der Waals surface area contributed by atoms with Crippen molar-refractivity contribution in [3.8, 4) is 28.2 Å². The molecule has 28 heavy (non-hydrogen) atoms. The molecule has 1 aromatic carbocycles. The Hall–Kier alpha value is -3.65. The van der Waals surface area contributed by atoms with Crippen molar-refractivity contribution in [3.05, 3.63) is 84.1 Å². The highest BCUT2D eigenvalue weighted by Gasteiger charge is 2.07. The van der Waals surface area contributed by atoms with E-state index >= 15 is 0 Å². The standard InChI is InChI=1S/C20H15N7S/c1-2-15(17-4-5-20(21-9-17)26-12-23-24-13-26)8-16(3-1)19-6-7-27(25-19)10-18-11-28-14-22-18/h1-9,11-14H,10H2. The van der Waals surface area contributed by atoms with Gasteiger partial charge in [-0.2, -0.15) is 5.10 Å². The van der Waals surface area contributed by atoms with Crippen LogP contribution < -0.4 is 0 Å². The van der Waals surface area contributed by atoms with Gasteiger partial charge in [-0.1, -0.05) is 18.2 Å². The van der Waals surface area contributed by atoms with Gasteiger partial charge in [-0.25, -0.2) is 9.97 Å². The second kappa shape index (κ2) is 7.16. The van der Waals surface area contributed by atoms with Crippen LogP contribution in [0.3, 0.4) is 0 Å². The van der Waals surface area contributed by atoms with Crippen molar-refractivity contribution < 1.29 is 0 Å². The fraction of sp³-hybridized carbons (Fsp3) is 0.0500. The fourth-order valence-corrected chi connectivity index (χ4v) is 3.52. The quantitative estimate of drug-likeness (QED) is 0.461. The molecule has 7 nitrogen and oxygen atoms in total. The Bertz CT molecular complexity index is 1180. The van der Waals surface area contributed by atoms with Crippen LogP contribution in [0.15, 0.2) is 78.4 Å². The van der Waals surface area contributed by atoms with Gasteiger partial charge in [-0.3, -0.25) is 9.25 Å². The van der Waals surface area contributed by atoms with Crippen molar-refractivity contribution in [1.29, 1.82) is 0 Å². The third-order valence-corrected chi connectivity index (χ3v) is 5.01. The van der Waals surface area contributed by atoms with Gasteiger partial charge in [0, 0.05) is 28.9 Å². The molecule has 5 rings (SSSR count). The van der Waals surface area contributed by atoms with E-state index in [4.69, 9.17) is 0 Å². The van der Waals surface area contributed by atoms with Crippen LogP contribution in [0.5, 0.6) is 0 Å². The topological polar surface area (TPSA) is 74.3 Å². The highest BCUT2D eigenvalue weighted by molar-refractivity contribution is 7.07. The van der Waals surface area contributed by atoms with Gasteiger partial charge >= 0.3 is 0 Å². The van der Waals surface area contributed by atoms with Gasteiger partial charge in [0.05, 0.1) is 23.4 Å². The molecule has 0 bridgehead atoms. The smallest absolute Gasteiger partial charge is 0.139 e.